The molecular formula is C26H25N3O5. The number of ether oxygens (including phenoxy) is 3. The predicted molar refractivity (Wildman–Crippen MR) is 128 cm³/mol. The van der Waals surface area contributed by atoms with E-state index < -0.39 is 18.5 Å². The largest absolute Gasteiger partial charge is 0.493 e. The minimum atomic E-state index is -0.702. The Bertz CT molecular complexity index is 1270. The third-order valence-corrected chi connectivity index (χ3v) is 5.28. The average Bonchev–Trinajstić information content (AvgIpc) is 3.09. The lowest BCUT2D eigenvalue weighted by Crippen LogP contribution is -2.22. The van der Waals surface area contributed by atoms with Crippen LogP contribution in [0.15, 0.2) is 54.6 Å². The van der Waals surface area contributed by atoms with Crippen LogP contribution in [0.4, 0.5) is 5.82 Å². The number of benzene rings is 2. The van der Waals surface area contributed by atoms with Crippen molar-refractivity contribution in [2.24, 2.45) is 0 Å². The Morgan fingerprint density at radius 2 is 1.79 bits per heavy atom. The minimum absolute atomic E-state index is 0.335. The molecule has 2 aromatic carbocycles. The Kier molecular flexibility index (Phi) is 7.72. The van der Waals surface area contributed by atoms with Crippen LogP contribution in [-0.4, -0.2) is 37.3 Å². The number of carbonyl (C=O) groups is 2. The normalized spacial score (nSPS) is 10.6. The number of nitrogens with zero attached hydrogens (tertiary/aromatic N) is 2. The molecular weight excluding hydrogens is 434 g/mol. The number of methoxy groups -OCH3 is 2. The van der Waals surface area contributed by atoms with Gasteiger partial charge in [-0.15, -0.1) is 0 Å². The first kappa shape index (κ1) is 24.1. The number of anilines is 1. The highest BCUT2D eigenvalue weighted by atomic mass is 16.5. The van der Waals surface area contributed by atoms with Crippen molar-refractivity contribution in [1.82, 2.24) is 4.57 Å². The van der Waals surface area contributed by atoms with Gasteiger partial charge in [0.05, 0.1) is 19.8 Å². The fourth-order valence-corrected chi connectivity index (χ4v) is 3.51. The van der Waals surface area contributed by atoms with Crippen LogP contribution < -0.4 is 14.8 Å². The highest BCUT2D eigenvalue weighted by Gasteiger charge is 2.21. The van der Waals surface area contributed by atoms with E-state index in [0.717, 1.165) is 16.9 Å². The Morgan fingerprint density at radius 1 is 1.06 bits per heavy atom. The summed E-state index contributed by atoms with van der Waals surface area (Å²) in [5.41, 5.74) is 3.35. The van der Waals surface area contributed by atoms with Crippen molar-refractivity contribution in [3.63, 3.8) is 0 Å². The molecule has 3 rings (SSSR count). The number of nitriles is 1. The topological polar surface area (TPSA) is 103 Å². The third-order valence-electron chi connectivity index (χ3n) is 5.28. The Balaban J connectivity index is 1.72. The molecule has 8 nitrogen and oxygen atoms in total. The van der Waals surface area contributed by atoms with Crippen LogP contribution in [-0.2, 0) is 14.3 Å². The number of hydrogen-bond acceptors (Lipinski definition) is 6. The molecule has 0 spiro atoms. The molecule has 0 fully saturated rings. The van der Waals surface area contributed by atoms with E-state index in [0.29, 0.717) is 28.4 Å². The van der Waals surface area contributed by atoms with Gasteiger partial charge in [-0.1, -0.05) is 30.3 Å². The molecule has 0 aliphatic rings. The zero-order valence-electron chi connectivity index (χ0n) is 19.4. The van der Waals surface area contributed by atoms with Gasteiger partial charge in [-0.25, -0.2) is 4.79 Å². The summed E-state index contributed by atoms with van der Waals surface area (Å²) < 4.78 is 17.4. The summed E-state index contributed by atoms with van der Waals surface area (Å²) in [5, 5.41) is 12.4. The second-order valence-corrected chi connectivity index (χ2v) is 7.29. The summed E-state index contributed by atoms with van der Waals surface area (Å²) in [6.45, 7) is 3.18. The molecule has 8 heteroatoms. The molecule has 1 amide bonds. The molecule has 3 aromatic rings. The first-order valence-corrected chi connectivity index (χ1v) is 10.4. The Labute approximate surface area is 198 Å². The van der Waals surface area contributed by atoms with Crippen molar-refractivity contribution in [3.05, 3.63) is 77.0 Å². The predicted octanol–water partition coefficient (Wildman–Crippen LogP) is 4.18. The van der Waals surface area contributed by atoms with Crippen molar-refractivity contribution in [2.75, 3.05) is 26.1 Å². The van der Waals surface area contributed by atoms with E-state index in [-0.39, 0.29) is 0 Å². The molecule has 174 valence electrons. The number of hydrogen-bond donors (Lipinski definition) is 1. The molecule has 0 unspecified atom stereocenters. The molecule has 0 atom stereocenters. The number of aromatic nitrogens is 1. The van der Waals surface area contributed by atoms with Gasteiger partial charge in [0.25, 0.3) is 5.91 Å². The van der Waals surface area contributed by atoms with Gasteiger partial charge < -0.3 is 19.5 Å². The zero-order valence-corrected chi connectivity index (χ0v) is 19.4. The summed E-state index contributed by atoms with van der Waals surface area (Å²) in [7, 11) is 3.02. The van der Waals surface area contributed by atoms with Crippen LogP contribution >= 0.6 is 0 Å². The lowest BCUT2D eigenvalue weighted by atomic mass is 10.1. The monoisotopic (exact) mass is 459 g/mol. The van der Waals surface area contributed by atoms with E-state index in [1.54, 1.807) is 22.8 Å². The van der Waals surface area contributed by atoms with Gasteiger partial charge in [0.1, 0.15) is 11.9 Å². The molecule has 1 heterocycles. The minimum Gasteiger partial charge on any atom is -0.493 e. The second kappa shape index (κ2) is 10.9. The van der Waals surface area contributed by atoms with Crippen LogP contribution in [0.5, 0.6) is 11.5 Å². The van der Waals surface area contributed by atoms with Crippen molar-refractivity contribution in [3.8, 4) is 23.3 Å². The van der Waals surface area contributed by atoms with E-state index in [4.69, 9.17) is 14.2 Å². The first-order valence-electron chi connectivity index (χ1n) is 10.4. The smallest absolute Gasteiger partial charge is 0.331 e. The standard InChI is InChI=1S/C26H25N3O5/c1-17-18(2)29(20-10-6-5-7-11-20)26(21(17)15-27)28-23(30)16-34-24(31)14-13-19-9-8-12-22(32-3)25(19)33-4/h5-14H,16H2,1-4H3,(H,28,30)/b14-13+. The molecule has 34 heavy (non-hydrogen) atoms. The fourth-order valence-electron chi connectivity index (χ4n) is 3.51. The molecule has 1 N–H and O–H groups in total. The number of rotatable bonds is 8. The van der Waals surface area contributed by atoms with E-state index >= 15 is 0 Å². The maximum absolute atomic E-state index is 12.6. The van der Waals surface area contributed by atoms with Crippen LogP contribution in [0.25, 0.3) is 11.8 Å². The zero-order chi connectivity index (χ0) is 24.7. The van der Waals surface area contributed by atoms with Gasteiger partial charge in [0.15, 0.2) is 18.1 Å². The van der Waals surface area contributed by atoms with Crippen molar-refractivity contribution in [2.45, 2.75) is 13.8 Å². The lowest BCUT2D eigenvalue weighted by molar-refractivity contribution is -0.142. The van der Waals surface area contributed by atoms with Gasteiger partial charge in [0, 0.05) is 23.0 Å². The molecule has 1 aromatic heterocycles. The maximum Gasteiger partial charge on any atom is 0.331 e. The number of amides is 1. The van der Waals surface area contributed by atoms with Crippen LogP contribution in [0.2, 0.25) is 0 Å². The number of esters is 1. The number of nitrogens with one attached hydrogen (secondary N) is 1. The maximum atomic E-state index is 12.6. The van der Waals surface area contributed by atoms with Crippen molar-refractivity contribution in [1.29, 1.82) is 5.26 Å². The van der Waals surface area contributed by atoms with Crippen LogP contribution in [0, 0.1) is 25.2 Å². The average molecular weight is 460 g/mol. The summed E-state index contributed by atoms with van der Waals surface area (Å²) in [4.78, 5) is 24.8. The van der Waals surface area contributed by atoms with Gasteiger partial charge in [-0.05, 0) is 43.7 Å². The van der Waals surface area contributed by atoms with Gasteiger partial charge in [-0.3, -0.25) is 9.36 Å². The summed E-state index contributed by atoms with van der Waals surface area (Å²) in [6.07, 6.45) is 2.72. The summed E-state index contributed by atoms with van der Waals surface area (Å²) >= 11 is 0. The third kappa shape index (κ3) is 5.10. The van der Waals surface area contributed by atoms with Gasteiger partial charge in [0.2, 0.25) is 0 Å². The Hall–Kier alpha value is -4.51. The Morgan fingerprint density at radius 3 is 2.44 bits per heavy atom. The molecule has 0 aliphatic heterocycles. The molecule has 0 saturated heterocycles. The fraction of sp³-hybridized carbons (Fsp3) is 0.192. The summed E-state index contributed by atoms with van der Waals surface area (Å²) in [6, 6.07) is 16.8. The molecule has 0 radical (unpaired) electrons. The van der Waals surface area contributed by atoms with Gasteiger partial charge >= 0.3 is 5.97 Å². The van der Waals surface area contributed by atoms with Crippen molar-refractivity contribution < 1.29 is 23.8 Å². The van der Waals surface area contributed by atoms with Gasteiger partial charge in [-0.2, -0.15) is 5.26 Å². The number of carbonyl (C=O) groups excluding carboxylic acids is 2. The van der Waals surface area contributed by atoms with E-state index in [1.807, 2.05) is 44.2 Å². The first-order chi connectivity index (χ1) is 16.4. The molecule has 0 saturated carbocycles. The van der Waals surface area contributed by atoms with E-state index in [9.17, 15) is 14.9 Å². The van der Waals surface area contributed by atoms with Crippen molar-refractivity contribution >= 4 is 23.8 Å². The SMILES string of the molecule is COc1cccc(/C=C/C(=O)OCC(=O)Nc2c(C#N)c(C)c(C)n2-c2ccccc2)c1OC. The molecule has 0 bridgehead atoms. The van der Waals surface area contributed by atoms with Crippen LogP contribution in [0.1, 0.15) is 22.4 Å². The van der Waals surface area contributed by atoms with E-state index in [2.05, 4.69) is 11.4 Å². The van der Waals surface area contributed by atoms with E-state index in [1.165, 1.54) is 26.4 Å². The lowest BCUT2D eigenvalue weighted by Gasteiger charge is -2.13. The summed E-state index contributed by atoms with van der Waals surface area (Å²) in [5.74, 6) is 0.0700. The highest BCUT2D eigenvalue weighted by molar-refractivity contribution is 5.95. The second-order valence-electron chi connectivity index (χ2n) is 7.29. The highest BCUT2D eigenvalue weighted by Crippen LogP contribution is 2.32. The number of para-hydroxylation sites is 2. The quantitative estimate of drug-likeness (QED) is 0.401. The van der Waals surface area contributed by atoms with Crippen LogP contribution in [0.3, 0.4) is 0 Å². The molecule has 0 aliphatic carbocycles.